The quantitative estimate of drug-likeness (QED) is 0.840. The summed E-state index contributed by atoms with van der Waals surface area (Å²) in [6, 6.07) is 5.58. The van der Waals surface area contributed by atoms with E-state index in [1.807, 2.05) is 13.0 Å². The van der Waals surface area contributed by atoms with E-state index < -0.39 is 0 Å². The van der Waals surface area contributed by atoms with Crippen molar-refractivity contribution in [2.75, 3.05) is 20.1 Å². The lowest BCUT2D eigenvalue weighted by Crippen LogP contribution is -2.31. The van der Waals surface area contributed by atoms with Crippen molar-refractivity contribution < 1.29 is 4.39 Å². The van der Waals surface area contributed by atoms with E-state index in [-0.39, 0.29) is 5.82 Å². The van der Waals surface area contributed by atoms with Crippen LogP contribution in [-0.2, 0) is 6.54 Å². The van der Waals surface area contributed by atoms with Gasteiger partial charge in [-0.25, -0.2) is 4.39 Å². The molecule has 1 aliphatic rings. The summed E-state index contributed by atoms with van der Waals surface area (Å²) in [6.45, 7) is 5.08. The molecule has 1 saturated heterocycles. The van der Waals surface area contributed by atoms with E-state index in [1.165, 1.54) is 24.6 Å². The number of hydrogen-bond donors (Lipinski definition) is 1. The molecule has 1 aromatic carbocycles. The second kappa shape index (κ2) is 4.93. The first-order valence-corrected chi connectivity index (χ1v) is 5.82. The molecule has 0 aromatic heterocycles. The topological polar surface area (TPSA) is 15.3 Å². The minimum atomic E-state index is -0.151. The average molecular weight is 222 g/mol. The number of hydrogen-bond acceptors (Lipinski definition) is 2. The van der Waals surface area contributed by atoms with Crippen molar-refractivity contribution in [3.05, 3.63) is 35.1 Å². The highest BCUT2D eigenvalue weighted by atomic mass is 19.1. The van der Waals surface area contributed by atoms with Crippen LogP contribution in [0.15, 0.2) is 18.2 Å². The van der Waals surface area contributed by atoms with Crippen LogP contribution in [-0.4, -0.2) is 31.1 Å². The molecule has 88 valence electrons. The zero-order valence-electron chi connectivity index (χ0n) is 9.96. The Hall–Kier alpha value is -0.930. The molecule has 1 aliphatic heterocycles. The molecule has 1 aromatic rings. The maximum Gasteiger partial charge on any atom is 0.123 e. The fourth-order valence-corrected chi connectivity index (χ4v) is 2.21. The van der Waals surface area contributed by atoms with Crippen molar-refractivity contribution in [2.24, 2.45) is 0 Å². The third-order valence-corrected chi connectivity index (χ3v) is 3.28. The van der Waals surface area contributed by atoms with Crippen LogP contribution in [0.25, 0.3) is 0 Å². The number of aryl methyl sites for hydroxylation is 1. The molecule has 0 amide bonds. The molecule has 3 heteroatoms. The molecule has 1 fully saturated rings. The van der Waals surface area contributed by atoms with Crippen molar-refractivity contribution in [1.29, 1.82) is 0 Å². The Morgan fingerprint density at radius 1 is 1.50 bits per heavy atom. The summed E-state index contributed by atoms with van der Waals surface area (Å²) in [6.07, 6.45) is 1.21. The van der Waals surface area contributed by atoms with Gasteiger partial charge in [-0.15, -0.1) is 0 Å². The molecule has 2 rings (SSSR count). The number of rotatable bonds is 3. The number of halogens is 1. The Morgan fingerprint density at radius 2 is 2.31 bits per heavy atom. The first kappa shape index (κ1) is 11.6. The van der Waals surface area contributed by atoms with Crippen molar-refractivity contribution in [3.8, 4) is 0 Å². The Morgan fingerprint density at radius 3 is 2.94 bits per heavy atom. The van der Waals surface area contributed by atoms with Gasteiger partial charge < -0.3 is 10.2 Å². The van der Waals surface area contributed by atoms with E-state index in [9.17, 15) is 4.39 Å². The fourth-order valence-electron chi connectivity index (χ4n) is 2.21. The molecule has 1 N–H and O–H groups in total. The van der Waals surface area contributed by atoms with Gasteiger partial charge in [-0.3, -0.25) is 0 Å². The average Bonchev–Trinajstić information content (AvgIpc) is 2.63. The molecule has 0 saturated carbocycles. The third kappa shape index (κ3) is 2.80. The van der Waals surface area contributed by atoms with Gasteiger partial charge in [0.25, 0.3) is 0 Å². The zero-order valence-corrected chi connectivity index (χ0v) is 9.96. The summed E-state index contributed by atoms with van der Waals surface area (Å²) in [4.78, 5) is 2.33. The summed E-state index contributed by atoms with van der Waals surface area (Å²) in [5, 5.41) is 3.52. The van der Waals surface area contributed by atoms with Gasteiger partial charge in [-0.05, 0) is 50.2 Å². The van der Waals surface area contributed by atoms with E-state index in [4.69, 9.17) is 0 Å². The summed E-state index contributed by atoms with van der Waals surface area (Å²) in [5.41, 5.74) is 2.22. The molecule has 0 radical (unpaired) electrons. The second-order valence-corrected chi connectivity index (χ2v) is 4.70. The SMILES string of the molecule is Cc1cc(F)ccc1CNC1CCN(C)C1. The number of nitrogens with one attached hydrogen (secondary N) is 1. The van der Waals surface area contributed by atoms with Crippen LogP contribution >= 0.6 is 0 Å². The maximum absolute atomic E-state index is 12.9. The standard InChI is InChI=1S/C13H19FN2/c1-10-7-12(14)4-3-11(10)8-15-13-5-6-16(2)9-13/h3-4,7,13,15H,5-6,8-9H2,1-2H3. The van der Waals surface area contributed by atoms with Crippen LogP contribution in [0, 0.1) is 12.7 Å². The van der Waals surface area contributed by atoms with Crippen LogP contribution in [0.1, 0.15) is 17.5 Å². The van der Waals surface area contributed by atoms with Gasteiger partial charge in [0, 0.05) is 19.1 Å². The van der Waals surface area contributed by atoms with Gasteiger partial charge in [0.1, 0.15) is 5.82 Å². The second-order valence-electron chi connectivity index (χ2n) is 4.70. The van der Waals surface area contributed by atoms with Crippen LogP contribution in [0.2, 0.25) is 0 Å². The van der Waals surface area contributed by atoms with Gasteiger partial charge in [0.2, 0.25) is 0 Å². The van der Waals surface area contributed by atoms with Gasteiger partial charge in [0.05, 0.1) is 0 Å². The predicted octanol–water partition coefficient (Wildman–Crippen LogP) is 1.93. The highest BCUT2D eigenvalue weighted by molar-refractivity contribution is 5.26. The molecular weight excluding hydrogens is 203 g/mol. The smallest absolute Gasteiger partial charge is 0.123 e. The normalized spacial score (nSPS) is 21.6. The molecular formula is C13H19FN2. The maximum atomic E-state index is 12.9. The molecule has 1 unspecified atom stereocenters. The van der Waals surface area contributed by atoms with Crippen LogP contribution in [0.5, 0.6) is 0 Å². The van der Waals surface area contributed by atoms with Gasteiger partial charge in [-0.1, -0.05) is 6.07 Å². The Bertz CT molecular complexity index is 365. The van der Waals surface area contributed by atoms with Gasteiger partial charge in [0.15, 0.2) is 0 Å². The summed E-state index contributed by atoms with van der Waals surface area (Å²) in [5.74, 6) is -0.151. The molecule has 0 aliphatic carbocycles. The van der Waals surface area contributed by atoms with Crippen molar-refractivity contribution in [2.45, 2.75) is 25.9 Å². The van der Waals surface area contributed by atoms with Crippen LogP contribution in [0.4, 0.5) is 4.39 Å². The predicted molar refractivity (Wildman–Crippen MR) is 63.9 cm³/mol. The minimum absolute atomic E-state index is 0.151. The number of likely N-dealkylation sites (tertiary alicyclic amines) is 1. The minimum Gasteiger partial charge on any atom is -0.309 e. The highest BCUT2D eigenvalue weighted by Gasteiger charge is 2.18. The molecule has 1 atom stereocenters. The van der Waals surface area contributed by atoms with E-state index in [0.29, 0.717) is 6.04 Å². The van der Waals surface area contributed by atoms with Crippen LogP contribution in [0.3, 0.4) is 0 Å². The summed E-state index contributed by atoms with van der Waals surface area (Å²) < 4.78 is 12.9. The lowest BCUT2D eigenvalue weighted by molar-refractivity contribution is 0.397. The molecule has 0 spiro atoms. The Balaban J connectivity index is 1.89. The number of likely N-dealkylation sites (N-methyl/N-ethyl adjacent to an activating group) is 1. The first-order valence-electron chi connectivity index (χ1n) is 5.82. The molecule has 0 bridgehead atoms. The first-order chi connectivity index (χ1) is 7.65. The monoisotopic (exact) mass is 222 g/mol. The number of benzene rings is 1. The van der Waals surface area contributed by atoms with E-state index >= 15 is 0 Å². The highest BCUT2D eigenvalue weighted by Crippen LogP contribution is 2.12. The number of nitrogens with zero attached hydrogens (tertiary/aromatic N) is 1. The third-order valence-electron chi connectivity index (χ3n) is 3.28. The fraction of sp³-hybridized carbons (Fsp3) is 0.538. The summed E-state index contributed by atoms with van der Waals surface area (Å²) >= 11 is 0. The van der Waals surface area contributed by atoms with Crippen molar-refractivity contribution >= 4 is 0 Å². The van der Waals surface area contributed by atoms with Gasteiger partial charge in [-0.2, -0.15) is 0 Å². The van der Waals surface area contributed by atoms with Crippen molar-refractivity contribution in [1.82, 2.24) is 10.2 Å². The van der Waals surface area contributed by atoms with Crippen LogP contribution < -0.4 is 5.32 Å². The lowest BCUT2D eigenvalue weighted by Gasteiger charge is -2.14. The molecule has 1 heterocycles. The molecule has 2 nitrogen and oxygen atoms in total. The summed E-state index contributed by atoms with van der Waals surface area (Å²) in [7, 11) is 2.14. The Kier molecular flexibility index (Phi) is 3.56. The van der Waals surface area contributed by atoms with E-state index in [2.05, 4.69) is 17.3 Å². The Labute approximate surface area is 96.5 Å². The van der Waals surface area contributed by atoms with Gasteiger partial charge >= 0.3 is 0 Å². The van der Waals surface area contributed by atoms with E-state index in [1.54, 1.807) is 6.07 Å². The largest absolute Gasteiger partial charge is 0.309 e. The zero-order chi connectivity index (χ0) is 11.5. The lowest BCUT2D eigenvalue weighted by atomic mass is 10.1. The molecule has 16 heavy (non-hydrogen) atoms. The van der Waals surface area contributed by atoms with E-state index in [0.717, 1.165) is 18.7 Å². The van der Waals surface area contributed by atoms with Crippen molar-refractivity contribution in [3.63, 3.8) is 0 Å².